The van der Waals surface area contributed by atoms with E-state index in [0.29, 0.717) is 0 Å². The topological polar surface area (TPSA) is 49.7 Å². The van der Waals surface area contributed by atoms with Crippen molar-refractivity contribution < 1.29 is 9.84 Å². The number of nitrogens with zero attached hydrogens (tertiary/aromatic N) is 2. The fourth-order valence-electron chi connectivity index (χ4n) is 5.24. The molecule has 1 spiro atoms. The summed E-state index contributed by atoms with van der Waals surface area (Å²) in [5, 5.41) is 15.7. The minimum atomic E-state index is -0.0448. The summed E-state index contributed by atoms with van der Waals surface area (Å²) in [7, 11) is 3.78. The van der Waals surface area contributed by atoms with Crippen LogP contribution in [0, 0.1) is 0 Å². The Kier molecular flexibility index (Phi) is 4.59. The number of methoxy groups -OCH3 is 1. The molecule has 1 aromatic heterocycles. The van der Waals surface area contributed by atoms with Gasteiger partial charge in [-0.2, -0.15) is 0 Å². The Labute approximate surface area is 175 Å². The van der Waals surface area contributed by atoms with E-state index in [2.05, 4.69) is 40.0 Å². The van der Waals surface area contributed by atoms with Gasteiger partial charge in [0.2, 0.25) is 0 Å². The molecule has 5 nitrogen and oxygen atoms in total. The minimum Gasteiger partial charge on any atom is -0.497 e. The lowest BCUT2D eigenvalue weighted by atomic mass is 9.69. The molecule has 2 N–H and O–H groups in total. The number of halogens is 1. The summed E-state index contributed by atoms with van der Waals surface area (Å²) in [4.78, 5) is 2.45. The summed E-state index contributed by atoms with van der Waals surface area (Å²) in [6.07, 6.45) is 0. The van der Waals surface area contributed by atoms with E-state index < -0.39 is 0 Å². The van der Waals surface area contributed by atoms with Gasteiger partial charge in [-0.3, -0.25) is 4.90 Å². The molecule has 1 saturated heterocycles. The average molecular weight is 412 g/mol. The Hall–Kier alpha value is -2.05. The second-order valence-electron chi connectivity index (χ2n) is 8.34. The van der Waals surface area contributed by atoms with E-state index in [1.54, 1.807) is 7.11 Å². The van der Waals surface area contributed by atoms with E-state index in [0.717, 1.165) is 42.5 Å². The van der Waals surface area contributed by atoms with Gasteiger partial charge in [-0.05, 0) is 29.3 Å². The standard InChI is InChI=1S/C23H26ClN3O2/c1-26-20-9-16(29-2)7-8-17(20)21-22(26)19(11-28)25-12-23(21)13-27(14-23)10-15-5-3-4-6-18(15)24/h3-9,19,25,28H,10-14H2,1-2H3/t19-/m1/s1. The van der Waals surface area contributed by atoms with Crippen molar-refractivity contribution in [2.75, 3.05) is 33.4 Å². The predicted molar refractivity (Wildman–Crippen MR) is 116 cm³/mol. The maximum Gasteiger partial charge on any atom is 0.120 e. The van der Waals surface area contributed by atoms with Crippen molar-refractivity contribution in [3.05, 3.63) is 64.3 Å². The zero-order valence-corrected chi connectivity index (χ0v) is 17.5. The van der Waals surface area contributed by atoms with Crippen LogP contribution in [0.15, 0.2) is 42.5 Å². The molecule has 0 radical (unpaired) electrons. The minimum absolute atomic E-state index is 0.0448. The fraction of sp³-hybridized carbons (Fsp3) is 0.391. The molecule has 3 aromatic rings. The smallest absolute Gasteiger partial charge is 0.120 e. The van der Waals surface area contributed by atoms with Gasteiger partial charge in [0, 0.05) is 60.8 Å². The number of hydrogen-bond acceptors (Lipinski definition) is 4. The van der Waals surface area contributed by atoms with Crippen LogP contribution in [0.1, 0.15) is 22.9 Å². The number of hydrogen-bond donors (Lipinski definition) is 2. The third kappa shape index (κ3) is 2.88. The van der Waals surface area contributed by atoms with E-state index in [-0.39, 0.29) is 18.1 Å². The van der Waals surface area contributed by atoms with Crippen molar-refractivity contribution in [3.8, 4) is 5.75 Å². The molecule has 5 rings (SSSR count). The number of aryl methyl sites for hydroxylation is 1. The highest BCUT2D eigenvalue weighted by molar-refractivity contribution is 6.31. The van der Waals surface area contributed by atoms with Gasteiger partial charge in [-0.25, -0.2) is 0 Å². The van der Waals surface area contributed by atoms with Crippen molar-refractivity contribution in [1.82, 2.24) is 14.8 Å². The second kappa shape index (κ2) is 7.03. The van der Waals surface area contributed by atoms with Crippen molar-refractivity contribution in [1.29, 1.82) is 0 Å². The first-order valence-electron chi connectivity index (χ1n) is 10.0. The molecular weight excluding hydrogens is 386 g/mol. The SMILES string of the molecule is COc1ccc2c3c(n(C)c2c1)[C@@H](CO)NCC31CN(Cc2ccccc2Cl)C1. The maximum atomic E-state index is 10.0. The molecule has 3 heterocycles. The summed E-state index contributed by atoms with van der Waals surface area (Å²) in [6.45, 7) is 3.77. The van der Waals surface area contributed by atoms with Gasteiger partial charge in [-0.15, -0.1) is 0 Å². The van der Waals surface area contributed by atoms with Gasteiger partial charge >= 0.3 is 0 Å². The Morgan fingerprint density at radius 2 is 2.03 bits per heavy atom. The van der Waals surface area contributed by atoms with Crippen LogP contribution >= 0.6 is 11.6 Å². The molecule has 2 aromatic carbocycles. The first-order chi connectivity index (χ1) is 14.1. The van der Waals surface area contributed by atoms with Crippen LogP contribution in [0.5, 0.6) is 5.75 Å². The molecule has 152 valence electrons. The highest BCUT2D eigenvalue weighted by Gasteiger charge is 2.50. The lowest BCUT2D eigenvalue weighted by Gasteiger charge is -2.54. The number of benzene rings is 2. The van der Waals surface area contributed by atoms with Crippen molar-refractivity contribution >= 4 is 22.5 Å². The zero-order valence-electron chi connectivity index (χ0n) is 16.8. The molecule has 0 amide bonds. The van der Waals surface area contributed by atoms with Crippen molar-refractivity contribution in [3.63, 3.8) is 0 Å². The van der Waals surface area contributed by atoms with Crippen LogP contribution in [0.25, 0.3) is 10.9 Å². The third-order valence-corrected chi connectivity index (χ3v) is 6.96. The lowest BCUT2D eigenvalue weighted by molar-refractivity contribution is 0.0444. The molecule has 0 bridgehead atoms. The monoisotopic (exact) mass is 411 g/mol. The Bertz CT molecular complexity index is 1070. The summed E-state index contributed by atoms with van der Waals surface area (Å²) >= 11 is 6.37. The molecule has 2 aliphatic heterocycles. The molecular formula is C23H26ClN3O2. The molecule has 1 fully saturated rings. The highest BCUT2D eigenvalue weighted by Crippen LogP contribution is 2.47. The third-order valence-electron chi connectivity index (χ3n) is 6.59. The lowest BCUT2D eigenvalue weighted by Crippen LogP contribution is -2.65. The quantitative estimate of drug-likeness (QED) is 0.692. The van der Waals surface area contributed by atoms with E-state index in [1.165, 1.54) is 22.2 Å². The number of aliphatic hydroxyl groups excluding tert-OH is 1. The number of nitrogens with one attached hydrogen (secondary N) is 1. The Morgan fingerprint density at radius 3 is 2.76 bits per heavy atom. The van der Waals surface area contributed by atoms with E-state index in [1.807, 2.05) is 24.3 Å². The molecule has 6 heteroatoms. The van der Waals surface area contributed by atoms with Gasteiger partial charge < -0.3 is 19.7 Å². The van der Waals surface area contributed by atoms with Crippen LogP contribution < -0.4 is 10.1 Å². The van der Waals surface area contributed by atoms with E-state index >= 15 is 0 Å². The first kappa shape index (κ1) is 18.9. The fourth-order valence-corrected chi connectivity index (χ4v) is 5.44. The van der Waals surface area contributed by atoms with Crippen LogP contribution in [0.2, 0.25) is 5.02 Å². The van der Waals surface area contributed by atoms with Crippen LogP contribution in [-0.4, -0.2) is 47.9 Å². The van der Waals surface area contributed by atoms with Gasteiger partial charge in [0.1, 0.15) is 5.75 Å². The highest BCUT2D eigenvalue weighted by atomic mass is 35.5. The Morgan fingerprint density at radius 1 is 1.24 bits per heavy atom. The molecule has 0 aliphatic carbocycles. The van der Waals surface area contributed by atoms with Gasteiger partial charge in [0.05, 0.1) is 25.3 Å². The number of fused-ring (bicyclic) bond motifs is 4. The van der Waals surface area contributed by atoms with E-state index in [4.69, 9.17) is 16.3 Å². The summed E-state index contributed by atoms with van der Waals surface area (Å²) < 4.78 is 7.67. The Balaban J connectivity index is 1.53. The number of aliphatic hydroxyl groups is 1. The number of rotatable bonds is 4. The van der Waals surface area contributed by atoms with Crippen LogP contribution in [0.3, 0.4) is 0 Å². The van der Waals surface area contributed by atoms with Crippen molar-refractivity contribution in [2.24, 2.45) is 7.05 Å². The van der Waals surface area contributed by atoms with Gasteiger partial charge in [0.25, 0.3) is 0 Å². The van der Waals surface area contributed by atoms with E-state index in [9.17, 15) is 5.11 Å². The second-order valence-corrected chi connectivity index (χ2v) is 8.74. The molecule has 1 atom stereocenters. The summed E-state index contributed by atoms with van der Waals surface area (Å²) in [5.74, 6) is 0.854. The molecule has 0 unspecified atom stereocenters. The molecule has 2 aliphatic rings. The van der Waals surface area contributed by atoms with Crippen LogP contribution in [-0.2, 0) is 19.0 Å². The summed E-state index contributed by atoms with van der Waals surface area (Å²) in [6, 6.07) is 14.3. The first-order valence-corrected chi connectivity index (χ1v) is 10.4. The van der Waals surface area contributed by atoms with Gasteiger partial charge in [-0.1, -0.05) is 29.8 Å². The number of ether oxygens (including phenoxy) is 1. The summed E-state index contributed by atoms with van der Waals surface area (Å²) in [5.41, 5.74) is 4.95. The van der Waals surface area contributed by atoms with Crippen molar-refractivity contribution in [2.45, 2.75) is 18.0 Å². The molecule has 29 heavy (non-hydrogen) atoms. The zero-order chi connectivity index (χ0) is 20.2. The number of likely N-dealkylation sites (tertiary alicyclic amines) is 1. The average Bonchev–Trinajstić information content (AvgIpc) is 3.01. The largest absolute Gasteiger partial charge is 0.497 e. The predicted octanol–water partition coefficient (Wildman–Crippen LogP) is 3.23. The van der Waals surface area contributed by atoms with Gasteiger partial charge in [0.15, 0.2) is 0 Å². The normalized spacial score (nSPS) is 20.6. The maximum absolute atomic E-state index is 10.0. The van der Waals surface area contributed by atoms with Crippen LogP contribution in [0.4, 0.5) is 0 Å². The molecule has 0 saturated carbocycles. The number of aromatic nitrogens is 1.